The summed E-state index contributed by atoms with van der Waals surface area (Å²) in [6.07, 6.45) is 2.11. The molecule has 0 heterocycles. The Morgan fingerprint density at radius 1 is 1.40 bits per heavy atom. The van der Waals surface area contributed by atoms with Gasteiger partial charge in [-0.15, -0.1) is 0 Å². The van der Waals surface area contributed by atoms with Crippen LogP contribution in [0.4, 0.5) is 4.39 Å². The highest BCUT2D eigenvalue weighted by Gasteiger charge is 2.31. The molecular formula is C13H18FN. The lowest BCUT2D eigenvalue weighted by molar-refractivity contribution is 0.264. The number of halogens is 1. The van der Waals surface area contributed by atoms with Crippen molar-refractivity contribution < 1.29 is 4.39 Å². The molecule has 1 aromatic rings. The van der Waals surface area contributed by atoms with Gasteiger partial charge in [0.25, 0.3) is 0 Å². The Hall–Kier alpha value is -0.890. The molecule has 0 saturated carbocycles. The molecule has 2 heteroatoms. The Morgan fingerprint density at radius 2 is 2.13 bits per heavy atom. The van der Waals surface area contributed by atoms with Gasteiger partial charge in [-0.3, -0.25) is 0 Å². The van der Waals surface area contributed by atoms with Gasteiger partial charge in [-0.05, 0) is 48.6 Å². The summed E-state index contributed by atoms with van der Waals surface area (Å²) >= 11 is 0. The molecule has 1 N–H and O–H groups in total. The van der Waals surface area contributed by atoms with Gasteiger partial charge >= 0.3 is 0 Å². The number of rotatable bonds is 1. The summed E-state index contributed by atoms with van der Waals surface area (Å²) in [4.78, 5) is 0. The summed E-state index contributed by atoms with van der Waals surface area (Å²) in [6, 6.07) is 5.45. The molecule has 2 rings (SSSR count). The van der Waals surface area contributed by atoms with Crippen LogP contribution in [0.3, 0.4) is 0 Å². The predicted molar refractivity (Wildman–Crippen MR) is 60.3 cm³/mol. The van der Waals surface area contributed by atoms with E-state index < -0.39 is 0 Å². The predicted octanol–water partition coefficient (Wildman–Crippen LogP) is 3.06. The van der Waals surface area contributed by atoms with Gasteiger partial charge in [0.05, 0.1) is 0 Å². The molecule has 1 aliphatic rings. The van der Waals surface area contributed by atoms with E-state index in [-0.39, 0.29) is 5.82 Å². The molecule has 0 radical (unpaired) electrons. The van der Waals surface area contributed by atoms with Crippen molar-refractivity contribution in [3.63, 3.8) is 0 Å². The second-order valence-electron chi connectivity index (χ2n) is 5.23. The number of benzene rings is 1. The summed E-state index contributed by atoms with van der Waals surface area (Å²) < 4.78 is 13.2. The van der Waals surface area contributed by atoms with E-state index in [0.717, 1.165) is 18.4 Å². The fraction of sp³-hybridized carbons (Fsp3) is 0.538. The van der Waals surface area contributed by atoms with E-state index >= 15 is 0 Å². The monoisotopic (exact) mass is 207 g/mol. The molecule has 15 heavy (non-hydrogen) atoms. The van der Waals surface area contributed by atoms with E-state index in [1.54, 1.807) is 12.1 Å². The zero-order chi connectivity index (χ0) is 11.1. The maximum atomic E-state index is 13.2. The Labute approximate surface area is 90.7 Å². The Bertz CT molecular complexity index is 371. The van der Waals surface area contributed by atoms with Gasteiger partial charge in [0, 0.05) is 6.04 Å². The number of hydrogen-bond donors (Lipinski definition) is 1. The van der Waals surface area contributed by atoms with Gasteiger partial charge in [-0.1, -0.05) is 19.9 Å². The minimum atomic E-state index is -0.131. The van der Waals surface area contributed by atoms with Crippen LogP contribution in [0.5, 0.6) is 0 Å². The largest absolute Gasteiger partial charge is 0.313 e. The summed E-state index contributed by atoms with van der Waals surface area (Å²) in [5.74, 6) is -0.131. The zero-order valence-electron chi connectivity index (χ0n) is 9.60. The van der Waals surface area contributed by atoms with E-state index in [4.69, 9.17) is 0 Å². The van der Waals surface area contributed by atoms with E-state index in [2.05, 4.69) is 19.2 Å². The second kappa shape index (κ2) is 3.60. The second-order valence-corrected chi connectivity index (χ2v) is 5.23. The lowest BCUT2D eigenvalue weighted by atomic mass is 9.72. The van der Waals surface area contributed by atoms with Crippen LogP contribution in [0.25, 0.3) is 0 Å². The molecule has 0 aromatic heterocycles. The van der Waals surface area contributed by atoms with Crippen molar-refractivity contribution in [2.24, 2.45) is 5.41 Å². The van der Waals surface area contributed by atoms with Gasteiger partial charge in [0.15, 0.2) is 0 Å². The smallest absolute Gasteiger partial charge is 0.123 e. The number of hydrogen-bond acceptors (Lipinski definition) is 1. The van der Waals surface area contributed by atoms with Crippen LogP contribution in [0.15, 0.2) is 18.2 Å². The standard InChI is InChI=1S/C13H18FN/c1-13(2)7-9-4-5-10(14)6-11(9)12(8-13)15-3/h4-6,12,15H,7-8H2,1-3H3. The van der Waals surface area contributed by atoms with Crippen molar-refractivity contribution in [1.82, 2.24) is 5.32 Å². The third-order valence-corrected chi connectivity index (χ3v) is 3.26. The SMILES string of the molecule is CNC1CC(C)(C)Cc2ccc(F)cc21. The minimum absolute atomic E-state index is 0.131. The lowest BCUT2D eigenvalue weighted by Crippen LogP contribution is -2.31. The van der Waals surface area contributed by atoms with Gasteiger partial charge in [0.1, 0.15) is 5.82 Å². The Balaban J connectivity index is 2.44. The van der Waals surface area contributed by atoms with Crippen LogP contribution < -0.4 is 5.32 Å². The van der Waals surface area contributed by atoms with Crippen LogP contribution in [0, 0.1) is 11.2 Å². The van der Waals surface area contributed by atoms with Gasteiger partial charge in [-0.25, -0.2) is 4.39 Å². The summed E-state index contributed by atoms with van der Waals surface area (Å²) in [5.41, 5.74) is 2.72. The highest BCUT2D eigenvalue weighted by molar-refractivity contribution is 5.34. The molecule has 0 aliphatic heterocycles. The molecule has 82 valence electrons. The first-order valence-electron chi connectivity index (χ1n) is 5.47. The third kappa shape index (κ3) is 2.05. The van der Waals surface area contributed by atoms with Crippen molar-refractivity contribution in [3.8, 4) is 0 Å². The Morgan fingerprint density at radius 3 is 2.80 bits per heavy atom. The maximum Gasteiger partial charge on any atom is 0.123 e. The fourth-order valence-electron chi connectivity index (χ4n) is 2.56. The first kappa shape index (κ1) is 10.6. The molecule has 0 bridgehead atoms. The van der Waals surface area contributed by atoms with E-state index in [1.807, 2.05) is 13.1 Å². The summed E-state index contributed by atoms with van der Waals surface area (Å²) in [6.45, 7) is 4.53. The lowest BCUT2D eigenvalue weighted by Gasteiger charge is -2.37. The average Bonchev–Trinajstić information content (AvgIpc) is 2.16. The topological polar surface area (TPSA) is 12.0 Å². The normalized spacial score (nSPS) is 23.6. The number of nitrogens with one attached hydrogen (secondary N) is 1. The van der Waals surface area contributed by atoms with Gasteiger partial charge < -0.3 is 5.32 Å². The molecule has 0 spiro atoms. The summed E-state index contributed by atoms with van der Waals surface area (Å²) in [7, 11) is 1.95. The van der Waals surface area contributed by atoms with Crippen molar-refractivity contribution >= 4 is 0 Å². The van der Waals surface area contributed by atoms with Crippen LogP contribution in [-0.2, 0) is 6.42 Å². The molecule has 1 aliphatic carbocycles. The van der Waals surface area contributed by atoms with Crippen LogP contribution in [0.2, 0.25) is 0 Å². The van der Waals surface area contributed by atoms with Crippen LogP contribution >= 0.6 is 0 Å². The van der Waals surface area contributed by atoms with Crippen LogP contribution in [-0.4, -0.2) is 7.05 Å². The van der Waals surface area contributed by atoms with Crippen molar-refractivity contribution in [2.75, 3.05) is 7.05 Å². The molecule has 0 saturated heterocycles. The molecule has 0 amide bonds. The Kier molecular flexibility index (Phi) is 2.55. The molecule has 0 fully saturated rings. The quantitative estimate of drug-likeness (QED) is 0.746. The van der Waals surface area contributed by atoms with Crippen molar-refractivity contribution in [3.05, 3.63) is 35.1 Å². The molecule has 1 aromatic carbocycles. The fourth-order valence-corrected chi connectivity index (χ4v) is 2.56. The van der Waals surface area contributed by atoms with E-state index in [1.165, 1.54) is 5.56 Å². The van der Waals surface area contributed by atoms with E-state index in [0.29, 0.717) is 11.5 Å². The molecular weight excluding hydrogens is 189 g/mol. The molecule has 1 atom stereocenters. The van der Waals surface area contributed by atoms with Gasteiger partial charge in [0.2, 0.25) is 0 Å². The first-order valence-corrected chi connectivity index (χ1v) is 5.47. The zero-order valence-corrected chi connectivity index (χ0v) is 9.60. The van der Waals surface area contributed by atoms with Gasteiger partial charge in [-0.2, -0.15) is 0 Å². The highest BCUT2D eigenvalue weighted by Crippen LogP contribution is 2.40. The minimum Gasteiger partial charge on any atom is -0.313 e. The molecule has 1 nitrogen and oxygen atoms in total. The van der Waals surface area contributed by atoms with E-state index in [9.17, 15) is 4.39 Å². The summed E-state index contributed by atoms with van der Waals surface area (Å²) in [5, 5.41) is 3.28. The third-order valence-electron chi connectivity index (χ3n) is 3.26. The van der Waals surface area contributed by atoms with Crippen molar-refractivity contribution in [1.29, 1.82) is 0 Å². The highest BCUT2D eigenvalue weighted by atomic mass is 19.1. The maximum absolute atomic E-state index is 13.2. The average molecular weight is 207 g/mol. The first-order chi connectivity index (χ1) is 7.02. The van der Waals surface area contributed by atoms with Crippen molar-refractivity contribution in [2.45, 2.75) is 32.7 Å². The van der Waals surface area contributed by atoms with Crippen LogP contribution in [0.1, 0.15) is 37.4 Å². The number of fused-ring (bicyclic) bond motifs is 1. The molecule has 1 unspecified atom stereocenters.